The molecule has 0 aromatic carbocycles. The van der Waals surface area contributed by atoms with Gasteiger partial charge in [-0.2, -0.15) is 0 Å². The number of rotatable bonds is 7. The fourth-order valence-electron chi connectivity index (χ4n) is 1.98. The van der Waals surface area contributed by atoms with E-state index in [1.807, 2.05) is 0 Å². The monoisotopic (exact) mass is 215 g/mol. The maximum atomic E-state index is 5.59. The smallest absolute Gasteiger partial charge is 0.0576 e. The molecule has 4 nitrogen and oxygen atoms in total. The highest BCUT2D eigenvalue weighted by atomic mass is 16.5. The van der Waals surface area contributed by atoms with Gasteiger partial charge in [0.25, 0.3) is 0 Å². The summed E-state index contributed by atoms with van der Waals surface area (Å²) in [5, 5.41) is 0. The van der Waals surface area contributed by atoms with Crippen molar-refractivity contribution in [3.8, 4) is 0 Å². The van der Waals surface area contributed by atoms with Crippen molar-refractivity contribution in [1.29, 1.82) is 0 Å². The van der Waals surface area contributed by atoms with E-state index in [9.17, 15) is 0 Å². The van der Waals surface area contributed by atoms with Crippen LogP contribution in [0, 0.1) is 0 Å². The minimum Gasteiger partial charge on any atom is -0.378 e. The SMILES string of the molecule is CN(C)CCC(CCC1CCCO1)NN. The van der Waals surface area contributed by atoms with E-state index in [-0.39, 0.29) is 0 Å². The third kappa shape index (κ3) is 5.47. The van der Waals surface area contributed by atoms with Gasteiger partial charge in [-0.05, 0) is 52.7 Å². The zero-order valence-corrected chi connectivity index (χ0v) is 10.0. The van der Waals surface area contributed by atoms with Crippen molar-refractivity contribution in [2.75, 3.05) is 27.2 Å². The Morgan fingerprint density at radius 1 is 1.47 bits per heavy atom. The molecule has 0 saturated carbocycles. The van der Waals surface area contributed by atoms with Crippen LogP contribution in [0.4, 0.5) is 0 Å². The maximum absolute atomic E-state index is 5.59. The second kappa shape index (κ2) is 7.17. The number of nitrogens with one attached hydrogen (secondary N) is 1. The molecular weight excluding hydrogens is 190 g/mol. The average molecular weight is 215 g/mol. The molecule has 2 atom stereocenters. The van der Waals surface area contributed by atoms with Crippen molar-refractivity contribution in [1.82, 2.24) is 10.3 Å². The van der Waals surface area contributed by atoms with E-state index in [1.165, 1.54) is 12.8 Å². The number of hydrazine groups is 1. The number of hydrogen-bond acceptors (Lipinski definition) is 4. The first-order valence-corrected chi connectivity index (χ1v) is 5.95. The van der Waals surface area contributed by atoms with Crippen LogP contribution in [0.1, 0.15) is 32.1 Å². The molecule has 0 aromatic rings. The molecule has 2 unspecified atom stereocenters. The quantitative estimate of drug-likeness (QED) is 0.485. The van der Waals surface area contributed by atoms with Crippen molar-refractivity contribution < 1.29 is 4.74 Å². The molecule has 1 heterocycles. The summed E-state index contributed by atoms with van der Waals surface area (Å²) in [6, 6.07) is 0.427. The summed E-state index contributed by atoms with van der Waals surface area (Å²) < 4.78 is 5.59. The van der Waals surface area contributed by atoms with Crippen LogP contribution < -0.4 is 11.3 Å². The molecule has 3 N–H and O–H groups in total. The first kappa shape index (κ1) is 12.9. The van der Waals surface area contributed by atoms with Crippen LogP contribution in [0.3, 0.4) is 0 Å². The number of ether oxygens (including phenoxy) is 1. The Morgan fingerprint density at radius 2 is 2.27 bits per heavy atom. The predicted molar refractivity (Wildman–Crippen MR) is 62.5 cm³/mol. The minimum absolute atomic E-state index is 0.427. The molecular formula is C11H25N3O. The van der Waals surface area contributed by atoms with Gasteiger partial charge in [0.05, 0.1) is 6.10 Å². The molecule has 1 fully saturated rings. The normalized spacial score (nSPS) is 23.6. The third-order valence-corrected chi connectivity index (χ3v) is 3.02. The predicted octanol–water partition coefficient (Wildman–Crippen LogP) is 0.729. The van der Waals surface area contributed by atoms with E-state index < -0.39 is 0 Å². The van der Waals surface area contributed by atoms with E-state index >= 15 is 0 Å². The first-order valence-electron chi connectivity index (χ1n) is 5.95. The number of hydrogen-bond donors (Lipinski definition) is 2. The summed E-state index contributed by atoms with van der Waals surface area (Å²) in [6.45, 7) is 2.03. The fourth-order valence-corrected chi connectivity index (χ4v) is 1.98. The molecule has 0 aromatic heterocycles. The van der Waals surface area contributed by atoms with E-state index in [0.717, 1.165) is 32.4 Å². The lowest BCUT2D eigenvalue weighted by Crippen LogP contribution is -2.37. The lowest BCUT2D eigenvalue weighted by Gasteiger charge is -2.19. The van der Waals surface area contributed by atoms with Gasteiger partial charge in [-0.1, -0.05) is 0 Å². The number of nitrogens with zero attached hydrogens (tertiary/aromatic N) is 1. The molecule has 1 rings (SSSR count). The summed E-state index contributed by atoms with van der Waals surface area (Å²) in [5.74, 6) is 5.53. The third-order valence-electron chi connectivity index (χ3n) is 3.02. The summed E-state index contributed by atoms with van der Waals surface area (Å²) in [5.41, 5.74) is 2.90. The Morgan fingerprint density at radius 3 is 2.80 bits per heavy atom. The van der Waals surface area contributed by atoms with Gasteiger partial charge in [-0.3, -0.25) is 11.3 Å². The molecule has 0 aliphatic carbocycles. The second-order valence-corrected chi connectivity index (χ2v) is 4.67. The van der Waals surface area contributed by atoms with Crippen molar-refractivity contribution in [3.63, 3.8) is 0 Å². The Kier molecular flexibility index (Phi) is 6.17. The van der Waals surface area contributed by atoms with Gasteiger partial charge in [0, 0.05) is 12.6 Å². The highest BCUT2D eigenvalue weighted by Gasteiger charge is 2.17. The summed E-state index contributed by atoms with van der Waals surface area (Å²) >= 11 is 0. The Labute approximate surface area is 93.1 Å². The van der Waals surface area contributed by atoms with Crippen LogP contribution in [0.25, 0.3) is 0 Å². The summed E-state index contributed by atoms with van der Waals surface area (Å²) in [7, 11) is 4.18. The molecule has 0 radical (unpaired) electrons. The highest BCUT2D eigenvalue weighted by Crippen LogP contribution is 2.18. The van der Waals surface area contributed by atoms with Crippen molar-refractivity contribution in [3.05, 3.63) is 0 Å². The average Bonchev–Trinajstić information content (AvgIpc) is 2.70. The molecule has 90 valence electrons. The first-order chi connectivity index (χ1) is 7.22. The van der Waals surface area contributed by atoms with Crippen molar-refractivity contribution >= 4 is 0 Å². The molecule has 1 aliphatic rings. The molecule has 4 heteroatoms. The van der Waals surface area contributed by atoms with Crippen LogP contribution >= 0.6 is 0 Å². The van der Waals surface area contributed by atoms with Crippen molar-refractivity contribution in [2.24, 2.45) is 5.84 Å². The van der Waals surface area contributed by atoms with Crippen LogP contribution in [-0.2, 0) is 4.74 Å². The molecule has 15 heavy (non-hydrogen) atoms. The maximum Gasteiger partial charge on any atom is 0.0576 e. The highest BCUT2D eigenvalue weighted by molar-refractivity contribution is 4.71. The molecule has 0 spiro atoms. The van der Waals surface area contributed by atoms with Gasteiger partial charge < -0.3 is 9.64 Å². The lowest BCUT2D eigenvalue weighted by atomic mass is 10.0. The summed E-state index contributed by atoms with van der Waals surface area (Å²) in [4.78, 5) is 2.19. The van der Waals surface area contributed by atoms with E-state index in [0.29, 0.717) is 12.1 Å². The largest absolute Gasteiger partial charge is 0.378 e. The Hall–Kier alpha value is -0.160. The molecule has 1 saturated heterocycles. The molecule has 0 amide bonds. The minimum atomic E-state index is 0.427. The van der Waals surface area contributed by atoms with E-state index in [4.69, 9.17) is 10.6 Å². The number of nitrogens with two attached hydrogens (primary N) is 1. The zero-order valence-electron chi connectivity index (χ0n) is 10.0. The van der Waals surface area contributed by atoms with E-state index in [1.54, 1.807) is 0 Å². The van der Waals surface area contributed by atoms with Gasteiger partial charge >= 0.3 is 0 Å². The fraction of sp³-hybridized carbons (Fsp3) is 1.00. The summed E-state index contributed by atoms with van der Waals surface area (Å²) in [6.07, 6.45) is 6.31. The zero-order chi connectivity index (χ0) is 11.1. The van der Waals surface area contributed by atoms with Gasteiger partial charge in [0.1, 0.15) is 0 Å². The Bertz CT molecular complexity index is 158. The van der Waals surface area contributed by atoms with Gasteiger partial charge in [-0.15, -0.1) is 0 Å². The van der Waals surface area contributed by atoms with Crippen LogP contribution in [-0.4, -0.2) is 44.3 Å². The second-order valence-electron chi connectivity index (χ2n) is 4.67. The molecule has 1 aliphatic heterocycles. The van der Waals surface area contributed by atoms with Crippen LogP contribution in [0.15, 0.2) is 0 Å². The molecule has 0 bridgehead atoms. The van der Waals surface area contributed by atoms with Gasteiger partial charge in [0.2, 0.25) is 0 Å². The Balaban J connectivity index is 2.09. The van der Waals surface area contributed by atoms with Crippen LogP contribution in [0.2, 0.25) is 0 Å². The van der Waals surface area contributed by atoms with Crippen LogP contribution in [0.5, 0.6) is 0 Å². The van der Waals surface area contributed by atoms with Gasteiger partial charge in [0.15, 0.2) is 0 Å². The van der Waals surface area contributed by atoms with Gasteiger partial charge in [-0.25, -0.2) is 0 Å². The standard InChI is InChI=1S/C11H25N3O/c1-14(2)8-7-10(13-12)5-6-11-4-3-9-15-11/h10-11,13H,3-9,12H2,1-2H3. The van der Waals surface area contributed by atoms with E-state index in [2.05, 4.69) is 24.4 Å². The van der Waals surface area contributed by atoms with Crippen molar-refractivity contribution in [2.45, 2.75) is 44.2 Å². The lowest BCUT2D eigenvalue weighted by molar-refractivity contribution is 0.0990. The topological polar surface area (TPSA) is 50.5 Å².